The van der Waals surface area contributed by atoms with Crippen molar-refractivity contribution in [3.8, 4) is 0 Å². The Kier molecular flexibility index (Phi) is 4.48. The van der Waals surface area contributed by atoms with Crippen LogP contribution in [0.4, 0.5) is 0 Å². The van der Waals surface area contributed by atoms with Crippen molar-refractivity contribution in [1.82, 2.24) is 0 Å². The molecule has 4 rings (SSSR count). The van der Waals surface area contributed by atoms with Crippen LogP contribution in [0.3, 0.4) is 0 Å². The van der Waals surface area contributed by atoms with Gasteiger partial charge in [0.2, 0.25) is 0 Å². The Labute approximate surface area is 146 Å². The summed E-state index contributed by atoms with van der Waals surface area (Å²) in [6.45, 7) is 3.52. The van der Waals surface area contributed by atoms with E-state index in [9.17, 15) is 19.2 Å². The van der Waals surface area contributed by atoms with Crippen LogP contribution in [0.1, 0.15) is 47.0 Å². The molecule has 2 aromatic rings. The van der Waals surface area contributed by atoms with Crippen LogP contribution in [0.5, 0.6) is 0 Å². The molecule has 0 amide bonds. The van der Waals surface area contributed by atoms with E-state index in [4.69, 9.17) is 0 Å². The molecular weight excluding hydrogens is 344 g/mol. The lowest BCUT2D eigenvalue weighted by molar-refractivity contribution is -0.187. The fourth-order valence-electron chi connectivity index (χ4n) is 2.22. The molecule has 2 aliphatic rings. The van der Waals surface area contributed by atoms with Gasteiger partial charge in [0.15, 0.2) is 0 Å². The number of fused-ring (bicyclic) bond motifs is 8. The van der Waals surface area contributed by atoms with E-state index in [1.807, 2.05) is 0 Å². The van der Waals surface area contributed by atoms with E-state index in [1.54, 1.807) is 0 Å². The van der Waals surface area contributed by atoms with Gasteiger partial charge in [-0.2, -0.15) is 0 Å². The van der Waals surface area contributed by atoms with Gasteiger partial charge in [0.1, 0.15) is 0 Å². The number of carbonyl (C=O) groups is 4. The molecule has 0 unspecified atom stereocenters. The minimum Gasteiger partial charge on any atom is -0.242 e. The van der Waals surface area contributed by atoms with Crippen LogP contribution in [0, 0.1) is 0 Å². The molecule has 0 N–H and O–H groups in total. The molecule has 0 fully saturated rings. The summed E-state index contributed by atoms with van der Waals surface area (Å²) >= 11 is 0. The van der Waals surface area contributed by atoms with Gasteiger partial charge >= 0.3 is 23.9 Å². The zero-order valence-corrected chi connectivity index (χ0v) is 13.1. The fourth-order valence-corrected chi connectivity index (χ4v) is 2.22. The molecule has 26 heavy (non-hydrogen) atoms. The van der Waals surface area contributed by atoms with Gasteiger partial charge in [-0.1, -0.05) is 18.7 Å². The van der Waals surface area contributed by atoms with Gasteiger partial charge < -0.3 is 0 Å². The summed E-state index contributed by atoms with van der Waals surface area (Å²) in [5.74, 6) is -3.94. The van der Waals surface area contributed by atoms with Gasteiger partial charge in [-0.05, 0) is 36.4 Å². The second-order valence-corrected chi connectivity index (χ2v) is 5.03. The summed E-state index contributed by atoms with van der Waals surface area (Å²) in [7, 11) is 0. The van der Waals surface area contributed by atoms with Crippen LogP contribution in [-0.2, 0) is 19.6 Å². The molecule has 0 aliphatic carbocycles. The van der Waals surface area contributed by atoms with Crippen LogP contribution in [0.15, 0.2) is 49.0 Å². The highest BCUT2D eigenvalue weighted by atomic mass is 17.2. The number of hydrogen-bond donors (Lipinski definition) is 0. The number of rotatable bonds is 1. The molecule has 8 nitrogen and oxygen atoms in total. The molecule has 0 aromatic heterocycles. The van der Waals surface area contributed by atoms with E-state index in [-0.39, 0.29) is 27.8 Å². The van der Waals surface area contributed by atoms with Crippen LogP contribution >= 0.6 is 0 Å². The summed E-state index contributed by atoms with van der Waals surface area (Å²) in [5, 5.41) is 0. The topological polar surface area (TPSA) is 105 Å². The maximum atomic E-state index is 12.2. The predicted octanol–water partition coefficient (Wildman–Crippen LogP) is 2.50. The average Bonchev–Trinajstić information content (AvgIpc) is 2.68. The first kappa shape index (κ1) is 16.9. The Morgan fingerprint density at radius 3 is 1.38 bits per heavy atom. The van der Waals surface area contributed by atoms with E-state index in [2.05, 4.69) is 26.1 Å². The van der Waals surface area contributed by atoms with Crippen LogP contribution < -0.4 is 0 Å². The number of benzene rings is 2. The Morgan fingerprint density at radius 2 is 1.00 bits per heavy atom. The Hall–Kier alpha value is -3.94. The number of hydrogen-bond acceptors (Lipinski definition) is 8. The summed E-state index contributed by atoms with van der Waals surface area (Å²) < 4.78 is 0. The third kappa shape index (κ3) is 3.16. The van der Waals surface area contributed by atoms with Crippen LogP contribution in [-0.4, -0.2) is 23.9 Å². The van der Waals surface area contributed by atoms with E-state index >= 15 is 0 Å². The normalized spacial score (nSPS) is 14.3. The lowest BCUT2D eigenvalue weighted by atomic mass is 10.0. The highest BCUT2D eigenvalue weighted by Crippen LogP contribution is 2.20. The molecule has 0 saturated carbocycles. The molecule has 0 saturated heterocycles. The molecule has 130 valence electrons. The second-order valence-electron chi connectivity index (χ2n) is 5.03. The minimum atomic E-state index is -1.02. The maximum absolute atomic E-state index is 12.2. The van der Waals surface area contributed by atoms with Crippen molar-refractivity contribution in [1.29, 1.82) is 0 Å². The van der Waals surface area contributed by atoms with E-state index in [1.165, 1.54) is 48.5 Å². The second kappa shape index (κ2) is 6.89. The smallest absolute Gasteiger partial charge is 0.242 e. The summed E-state index contributed by atoms with van der Waals surface area (Å²) in [6.07, 6.45) is 1.21. The van der Waals surface area contributed by atoms with Crippen molar-refractivity contribution in [2.45, 2.75) is 0 Å². The van der Waals surface area contributed by atoms with Crippen molar-refractivity contribution in [2.75, 3.05) is 0 Å². The van der Waals surface area contributed by atoms with Crippen molar-refractivity contribution in [3.63, 3.8) is 0 Å². The Bertz CT molecular complexity index is 857. The fraction of sp³-hybridized carbons (Fsp3) is 0. The third-order valence-corrected chi connectivity index (χ3v) is 3.49. The van der Waals surface area contributed by atoms with Crippen LogP contribution in [0.25, 0.3) is 6.08 Å². The largest absolute Gasteiger partial charge is 0.386 e. The highest BCUT2D eigenvalue weighted by molar-refractivity contribution is 6.02. The zero-order chi connectivity index (χ0) is 18.7. The van der Waals surface area contributed by atoms with Crippen molar-refractivity contribution < 1.29 is 38.7 Å². The molecule has 8 heteroatoms. The maximum Gasteiger partial charge on any atom is 0.386 e. The van der Waals surface area contributed by atoms with Gasteiger partial charge in [-0.25, -0.2) is 38.7 Å². The minimum absolute atomic E-state index is 0.0268. The summed E-state index contributed by atoms with van der Waals surface area (Å²) in [5.41, 5.74) is -0.0850. The highest BCUT2D eigenvalue weighted by Gasteiger charge is 2.24. The quantitative estimate of drug-likeness (QED) is 0.719. The monoisotopic (exact) mass is 354 g/mol. The van der Waals surface area contributed by atoms with Gasteiger partial charge in [0.05, 0.1) is 22.3 Å². The Morgan fingerprint density at radius 1 is 0.615 bits per heavy atom. The standard InChI is InChI=1S/C18H10O8/c1-2-12-13-4-3-5-14(12)18(22)26-24-16(20)11-8-6-10(7-9-11)15(19)23-25-17(13)21/h2-9H,1H2. The zero-order valence-electron chi connectivity index (χ0n) is 13.1. The van der Waals surface area contributed by atoms with Gasteiger partial charge in [-0.15, -0.1) is 0 Å². The summed E-state index contributed by atoms with van der Waals surface area (Å²) in [6, 6.07) is 9.06. The first-order valence-electron chi connectivity index (χ1n) is 7.23. The average molecular weight is 354 g/mol. The SMILES string of the molecule is C=Cc1c2cccc1C(=O)OOC(=O)c1ccc(cc1)C(=O)OOC2=O. The molecule has 2 aliphatic heterocycles. The van der Waals surface area contributed by atoms with E-state index in [0.717, 1.165) is 0 Å². The van der Waals surface area contributed by atoms with E-state index in [0.29, 0.717) is 0 Å². The van der Waals surface area contributed by atoms with Gasteiger partial charge in [0.25, 0.3) is 0 Å². The molecule has 2 heterocycles. The molecule has 0 atom stereocenters. The third-order valence-electron chi connectivity index (χ3n) is 3.49. The molecule has 0 radical (unpaired) electrons. The van der Waals surface area contributed by atoms with Crippen LogP contribution in [0.2, 0.25) is 0 Å². The number of carbonyl (C=O) groups excluding carboxylic acids is 4. The van der Waals surface area contributed by atoms with Crippen molar-refractivity contribution >= 4 is 30.0 Å². The summed E-state index contributed by atoms with van der Waals surface area (Å²) in [4.78, 5) is 66.2. The lowest BCUT2D eigenvalue weighted by Crippen LogP contribution is -2.15. The van der Waals surface area contributed by atoms with E-state index < -0.39 is 23.9 Å². The first-order valence-corrected chi connectivity index (χ1v) is 7.23. The van der Waals surface area contributed by atoms with Gasteiger partial charge in [-0.3, -0.25) is 0 Å². The molecule has 4 bridgehead atoms. The van der Waals surface area contributed by atoms with Crippen molar-refractivity contribution in [3.05, 3.63) is 76.9 Å². The predicted molar refractivity (Wildman–Crippen MR) is 84.6 cm³/mol. The lowest BCUT2D eigenvalue weighted by Gasteiger charge is -2.09. The Balaban J connectivity index is 2.05. The molecule has 2 aromatic carbocycles. The van der Waals surface area contributed by atoms with Crippen molar-refractivity contribution in [2.24, 2.45) is 0 Å². The van der Waals surface area contributed by atoms with Gasteiger partial charge in [0, 0.05) is 5.56 Å². The molecular formula is C18H10O8. The first-order chi connectivity index (χ1) is 12.5. The molecule has 0 spiro atoms.